The lowest BCUT2D eigenvalue weighted by Gasteiger charge is -2.10. The van der Waals surface area contributed by atoms with Crippen LogP contribution in [-0.2, 0) is 0 Å². The third kappa shape index (κ3) is 3.08. The highest BCUT2D eigenvalue weighted by Crippen LogP contribution is 2.19. The van der Waals surface area contributed by atoms with Crippen molar-refractivity contribution in [1.82, 2.24) is 9.55 Å². The number of halogens is 2. The van der Waals surface area contributed by atoms with Crippen LogP contribution in [-0.4, -0.2) is 23.3 Å². The topological polar surface area (TPSA) is 46.9 Å². The van der Waals surface area contributed by atoms with Crippen LogP contribution in [0, 0.1) is 11.6 Å². The van der Waals surface area contributed by atoms with Crippen molar-refractivity contribution in [3.8, 4) is 5.69 Å². The van der Waals surface area contributed by atoms with Crippen molar-refractivity contribution in [2.24, 2.45) is 0 Å². The van der Waals surface area contributed by atoms with Crippen LogP contribution in [0.25, 0.3) is 16.7 Å². The zero-order valence-corrected chi connectivity index (χ0v) is 14.0. The molecule has 1 amide bonds. The number of para-hydroxylation sites is 2. The third-order valence-electron chi connectivity index (χ3n) is 4.17. The Morgan fingerprint density at radius 1 is 0.963 bits per heavy atom. The second kappa shape index (κ2) is 6.68. The molecule has 0 aliphatic carbocycles. The molecule has 1 heterocycles. The van der Waals surface area contributed by atoms with Gasteiger partial charge in [0.05, 0.1) is 22.3 Å². The summed E-state index contributed by atoms with van der Waals surface area (Å²) in [5.74, 6) is -2.97. The smallest absolute Gasteiger partial charge is 0.258 e. The van der Waals surface area contributed by atoms with Crippen LogP contribution >= 0.6 is 0 Å². The van der Waals surface area contributed by atoms with Gasteiger partial charge in [0.1, 0.15) is 0 Å². The van der Waals surface area contributed by atoms with Crippen LogP contribution in [0.2, 0.25) is 0 Å². The third-order valence-corrected chi connectivity index (χ3v) is 4.17. The molecule has 130 valence electrons. The fourth-order valence-electron chi connectivity index (χ4n) is 2.89. The minimum atomic E-state index is -1.18. The number of hydrogen-bond donors (Lipinski definition) is 1. The number of imidazole rings is 1. The Hall–Kier alpha value is -3.48. The van der Waals surface area contributed by atoms with Gasteiger partial charge in [0.15, 0.2) is 19.5 Å². The lowest BCUT2D eigenvalue weighted by molar-refractivity contribution is 0.102. The van der Waals surface area contributed by atoms with E-state index in [1.165, 1.54) is 12.1 Å². The number of carbonyl (C=O) groups excluding carboxylic acids is 1. The molecule has 0 saturated heterocycles. The minimum Gasteiger partial charge on any atom is -0.322 e. The molecule has 0 fully saturated rings. The first kappa shape index (κ1) is 17.0. The monoisotopic (exact) mass is 359 g/mol. The van der Waals surface area contributed by atoms with Crippen molar-refractivity contribution in [3.63, 3.8) is 0 Å². The first-order valence-electron chi connectivity index (χ1n) is 8.13. The summed E-state index contributed by atoms with van der Waals surface area (Å²) in [4.78, 5) is 16.5. The zero-order chi connectivity index (χ0) is 19.0. The molecule has 4 rings (SSSR count). The summed E-state index contributed by atoms with van der Waals surface area (Å²) >= 11 is 0. The summed E-state index contributed by atoms with van der Waals surface area (Å²) in [7, 11) is 6.02. The van der Waals surface area contributed by atoms with Crippen molar-refractivity contribution in [2.75, 3.05) is 5.32 Å². The zero-order valence-electron chi connectivity index (χ0n) is 14.0. The van der Waals surface area contributed by atoms with E-state index in [9.17, 15) is 13.6 Å². The summed E-state index contributed by atoms with van der Waals surface area (Å²) in [6, 6.07) is 17.8. The van der Waals surface area contributed by atoms with Gasteiger partial charge in [0.2, 0.25) is 0 Å². The number of fused-ring (bicyclic) bond motifs is 1. The molecule has 4 aromatic rings. The van der Waals surface area contributed by atoms with Crippen molar-refractivity contribution in [2.45, 2.75) is 0 Å². The van der Waals surface area contributed by atoms with E-state index in [2.05, 4.69) is 10.3 Å². The first-order chi connectivity index (χ1) is 13.0. The van der Waals surface area contributed by atoms with E-state index in [1.54, 1.807) is 28.8 Å². The standard InChI is InChI=1S/C20H12BF2N3O/c21-20-25-16-6-1-2-7-17(16)26(20)13-10-8-12(9-11-13)24-19(27)14-4-3-5-15(22)18(14)23/h1-11H,(H,24,27). The molecule has 0 aliphatic rings. The molecule has 7 heteroatoms. The van der Waals surface area contributed by atoms with E-state index in [4.69, 9.17) is 7.85 Å². The summed E-state index contributed by atoms with van der Waals surface area (Å²) in [6.45, 7) is 0. The fourth-order valence-corrected chi connectivity index (χ4v) is 2.89. The summed E-state index contributed by atoms with van der Waals surface area (Å²) in [5, 5.41) is 2.55. The molecule has 0 aliphatic heterocycles. The molecule has 1 aromatic heterocycles. The molecular formula is C20H12BF2N3O. The van der Waals surface area contributed by atoms with Crippen LogP contribution in [0.5, 0.6) is 0 Å². The molecule has 4 nitrogen and oxygen atoms in total. The molecule has 1 N–H and O–H groups in total. The van der Waals surface area contributed by atoms with Gasteiger partial charge in [-0.15, -0.1) is 0 Å². The first-order valence-corrected chi connectivity index (χ1v) is 8.13. The predicted molar refractivity (Wildman–Crippen MR) is 101 cm³/mol. The molecule has 2 radical (unpaired) electrons. The Labute approximate surface area is 154 Å². The summed E-state index contributed by atoms with van der Waals surface area (Å²) in [5.41, 5.74) is 2.81. The van der Waals surface area contributed by atoms with Gasteiger partial charge in [0.25, 0.3) is 5.91 Å². The minimum absolute atomic E-state index is 0.342. The number of hydrogen-bond acceptors (Lipinski definition) is 2. The van der Waals surface area contributed by atoms with Crippen molar-refractivity contribution in [3.05, 3.63) is 83.9 Å². The van der Waals surface area contributed by atoms with Gasteiger partial charge >= 0.3 is 0 Å². The maximum Gasteiger partial charge on any atom is 0.258 e. The van der Waals surface area contributed by atoms with Gasteiger partial charge < -0.3 is 9.88 Å². The number of carbonyl (C=O) groups is 1. The van der Waals surface area contributed by atoms with Crippen LogP contribution in [0.1, 0.15) is 10.4 Å². The molecule has 0 atom stereocenters. The lowest BCUT2D eigenvalue weighted by Crippen LogP contribution is -2.17. The maximum absolute atomic E-state index is 13.7. The number of amides is 1. The summed E-state index contributed by atoms with van der Waals surface area (Å²) < 4.78 is 28.8. The highest BCUT2D eigenvalue weighted by molar-refractivity contribution is 6.30. The summed E-state index contributed by atoms with van der Waals surface area (Å²) in [6.07, 6.45) is 0. The lowest BCUT2D eigenvalue weighted by atomic mass is 10.1. The Balaban J connectivity index is 1.62. The van der Waals surface area contributed by atoms with E-state index >= 15 is 0 Å². The van der Waals surface area contributed by atoms with Crippen LogP contribution in [0.15, 0.2) is 66.7 Å². The van der Waals surface area contributed by atoms with Gasteiger partial charge in [-0.2, -0.15) is 0 Å². The van der Waals surface area contributed by atoms with Gasteiger partial charge in [-0.3, -0.25) is 4.79 Å². The van der Waals surface area contributed by atoms with E-state index in [1.807, 2.05) is 24.3 Å². The van der Waals surface area contributed by atoms with Crippen molar-refractivity contribution in [1.29, 1.82) is 0 Å². The number of nitrogens with one attached hydrogen (secondary N) is 1. The predicted octanol–water partition coefficient (Wildman–Crippen LogP) is 3.35. The van der Waals surface area contributed by atoms with E-state index in [-0.39, 0.29) is 5.56 Å². The Bertz CT molecular complexity index is 1160. The highest BCUT2D eigenvalue weighted by atomic mass is 19.2. The number of nitrogens with zero attached hydrogens (tertiary/aromatic N) is 2. The highest BCUT2D eigenvalue weighted by Gasteiger charge is 2.15. The second-order valence-corrected chi connectivity index (χ2v) is 5.90. The fraction of sp³-hybridized carbons (Fsp3) is 0. The SMILES string of the molecule is [B]c1nc2ccccc2n1-c1ccc(NC(=O)c2cccc(F)c2F)cc1. The number of benzene rings is 3. The molecule has 0 saturated carbocycles. The van der Waals surface area contributed by atoms with E-state index in [0.717, 1.165) is 22.8 Å². The van der Waals surface area contributed by atoms with Gasteiger partial charge in [-0.25, -0.2) is 13.8 Å². The molecule has 0 spiro atoms. The quantitative estimate of drug-likeness (QED) is 0.571. The van der Waals surface area contributed by atoms with Crippen molar-refractivity contribution >= 4 is 36.2 Å². The van der Waals surface area contributed by atoms with Gasteiger partial charge in [-0.05, 0) is 48.5 Å². The Morgan fingerprint density at radius 3 is 2.48 bits per heavy atom. The average Bonchev–Trinajstić information content (AvgIpc) is 3.00. The molecular weight excluding hydrogens is 347 g/mol. The van der Waals surface area contributed by atoms with Crippen molar-refractivity contribution < 1.29 is 13.6 Å². The Morgan fingerprint density at radius 2 is 1.70 bits per heavy atom. The van der Waals surface area contributed by atoms with Gasteiger partial charge in [-0.1, -0.05) is 18.2 Å². The molecule has 0 unspecified atom stereocenters. The second-order valence-electron chi connectivity index (χ2n) is 5.90. The Kier molecular flexibility index (Phi) is 4.20. The maximum atomic E-state index is 13.7. The number of aromatic nitrogens is 2. The van der Waals surface area contributed by atoms with Crippen LogP contribution in [0.4, 0.5) is 14.5 Å². The van der Waals surface area contributed by atoms with E-state index in [0.29, 0.717) is 11.4 Å². The molecule has 27 heavy (non-hydrogen) atoms. The van der Waals surface area contributed by atoms with E-state index < -0.39 is 17.5 Å². The number of anilines is 1. The van der Waals surface area contributed by atoms with Crippen LogP contribution < -0.4 is 11.0 Å². The number of rotatable bonds is 3. The van der Waals surface area contributed by atoms with Gasteiger partial charge in [0, 0.05) is 11.4 Å². The largest absolute Gasteiger partial charge is 0.322 e. The molecule has 3 aromatic carbocycles. The van der Waals surface area contributed by atoms with Crippen LogP contribution in [0.3, 0.4) is 0 Å². The normalized spacial score (nSPS) is 10.9. The average molecular weight is 359 g/mol. The molecule has 0 bridgehead atoms.